The first kappa shape index (κ1) is 21.3. The number of carbonyl (C=O) groups is 1. The Balaban J connectivity index is 0.00000240. The minimum absolute atomic E-state index is 0. The summed E-state index contributed by atoms with van der Waals surface area (Å²) in [6.07, 6.45) is 3.36. The Morgan fingerprint density at radius 3 is 3.03 bits per heavy atom. The van der Waals surface area contributed by atoms with Gasteiger partial charge >= 0.3 is 0 Å². The number of carbonyl (C=O) groups excluding carboxylic acids is 1. The predicted octanol–water partition coefficient (Wildman–Crippen LogP) is 1.99. The van der Waals surface area contributed by atoms with E-state index in [0.717, 1.165) is 30.5 Å². The van der Waals surface area contributed by atoms with E-state index in [1.807, 2.05) is 25.1 Å². The van der Waals surface area contributed by atoms with Crippen LogP contribution in [0.4, 0.5) is 5.69 Å². The zero-order valence-electron chi connectivity index (χ0n) is 16.4. The van der Waals surface area contributed by atoms with E-state index < -0.39 is 6.10 Å². The van der Waals surface area contributed by atoms with Crippen LogP contribution in [0.2, 0.25) is 0 Å². The van der Waals surface area contributed by atoms with Gasteiger partial charge < -0.3 is 20.3 Å². The van der Waals surface area contributed by atoms with E-state index in [1.54, 1.807) is 12.3 Å². The molecular weight excluding hydrogens is 390 g/mol. The van der Waals surface area contributed by atoms with Crippen molar-refractivity contribution in [2.75, 3.05) is 31.1 Å². The van der Waals surface area contributed by atoms with Crippen molar-refractivity contribution in [1.82, 2.24) is 15.6 Å². The highest BCUT2D eigenvalue weighted by Gasteiger charge is 2.31. The topological polar surface area (TPSA) is 90.3 Å². The highest BCUT2D eigenvalue weighted by molar-refractivity contribution is 5.95. The number of fused-ring (bicyclic) bond motifs is 1. The number of nitrogens with zero attached hydrogens (tertiary/aromatic N) is 3. The first-order chi connectivity index (χ1) is 13.7. The van der Waals surface area contributed by atoms with Crippen LogP contribution in [0.3, 0.4) is 0 Å². The van der Waals surface area contributed by atoms with Crippen molar-refractivity contribution in [1.29, 1.82) is 5.26 Å². The molecule has 2 N–H and O–H groups in total. The number of benzene rings is 1. The summed E-state index contributed by atoms with van der Waals surface area (Å²) in [7, 11) is 0. The van der Waals surface area contributed by atoms with Gasteiger partial charge in [0.1, 0.15) is 6.07 Å². The van der Waals surface area contributed by atoms with Crippen LogP contribution in [0.1, 0.15) is 25.3 Å². The molecule has 1 aromatic heterocycles. The maximum absolute atomic E-state index is 12.7. The summed E-state index contributed by atoms with van der Waals surface area (Å²) in [4.78, 5) is 19.2. The van der Waals surface area contributed by atoms with Crippen LogP contribution < -0.4 is 15.5 Å². The first-order valence-corrected chi connectivity index (χ1v) is 9.85. The van der Waals surface area contributed by atoms with Crippen LogP contribution in [0.15, 0.2) is 30.5 Å². The Morgan fingerprint density at radius 1 is 1.41 bits per heavy atom. The number of pyridine rings is 1. The zero-order valence-corrected chi connectivity index (χ0v) is 17.2. The Labute approximate surface area is 176 Å². The molecule has 0 radical (unpaired) electrons. The fourth-order valence-electron chi connectivity index (χ4n) is 4.09. The molecule has 0 spiro atoms. The molecule has 2 aliphatic rings. The molecule has 1 amide bonds. The van der Waals surface area contributed by atoms with Gasteiger partial charge in [-0.25, -0.2) is 0 Å². The third-order valence-electron chi connectivity index (χ3n) is 5.45. The Kier molecular flexibility index (Phi) is 6.91. The van der Waals surface area contributed by atoms with Crippen LogP contribution >= 0.6 is 12.4 Å². The van der Waals surface area contributed by atoms with Gasteiger partial charge in [-0.05, 0) is 50.6 Å². The minimum atomic E-state index is -0.521. The molecule has 0 bridgehead atoms. The number of amides is 1. The molecule has 0 aliphatic carbocycles. The van der Waals surface area contributed by atoms with Crippen molar-refractivity contribution >= 4 is 34.9 Å². The fourth-order valence-corrected chi connectivity index (χ4v) is 4.09. The van der Waals surface area contributed by atoms with Crippen molar-refractivity contribution in [3.8, 4) is 6.07 Å². The third-order valence-corrected chi connectivity index (χ3v) is 5.45. The number of aromatic nitrogens is 1. The summed E-state index contributed by atoms with van der Waals surface area (Å²) in [5.74, 6) is -0.0682. The summed E-state index contributed by atoms with van der Waals surface area (Å²) in [5, 5.41) is 16.7. The largest absolute Gasteiger partial charge is 0.365 e. The van der Waals surface area contributed by atoms with Gasteiger partial charge in [-0.1, -0.05) is 0 Å². The number of anilines is 1. The molecule has 2 saturated heterocycles. The normalized spacial score (nSPS) is 24.0. The second-order valence-electron chi connectivity index (χ2n) is 7.52. The molecule has 0 saturated carbocycles. The van der Waals surface area contributed by atoms with Crippen molar-refractivity contribution in [2.45, 2.75) is 38.0 Å². The second-order valence-corrected chi connectivity index (χ2v) is 7.52. The molecule has 3 heterocycles. The smallest absolute Gasteiger partial charge is 0.251 e. The van der Waals surface area contributed by atoms with Gasteiger partial charge in [0.15, 0.2) is 6.10 Å². The molecular formula is C21H26ClN5O2. The first-order valence-electron chi connectivity index (χ1n) is 9.85. The molecule has 8 heteroatoms. The molecule has 2 aliphatic heterocycles. The summed E-state index contributed by atoms with van der Waals surface area (Å²) in [5.41, 5.74) is 2.22. The van der Waals surface area contributed by atoms with Crippen molar-refractivity contribution < 1.29 is 9.53 Å². The van der Waals surface area contributed by atoms with Gasteiger partial charge in [-0.2, -0.15) is 5.26 Å². The monoisotopic (exact) mass is 415 g/mol. The van der Waals surface area contributed by atoms with E-state index in [1.165, 1.54) is 0 Å². The van der Waals surface area contributed by atoms with E-state index in [-0.39, 0.29) is 24.4 Å². The van der Waals surface area contributed by atoms with Gasteiger partial charge in [0.25, 0.3) is 5.91 Å². The number of morpholine rings is 1. The molecule has 1 unspecified atom stereocenters. The number of hydrogen-bond acceptors (Lipinski definition) is 6. The van der Waals surface area contributed by atoms with E-state index in [0.29, 0.717) is 36.8 Å². The van der Waals surface area contributed by atoms with Crippen molar-refractivity contribution in [3.63, 3.8) is 0 Å². The van der Waals surface area contributed by atoms with Gasteiger partial charge in [-0.15, -0.1) is 12.4 Å². The minimum Gasteiger partial charge on any atom is -0.365 e. The van der Waals surface area contributed by atoms with Gasteiger partial charge in [0, 0.05) is 36.4 Å². The van der Waals surface area contributed by atoms with Crippen molar-refractivity contribution in [2.24, 2.45) is 0 Å². The number of nitrogens with one attached hydrogen (secondary N) is 2. The zero-order chi connectivity index (χ0) is 19.5. The number of hydrogen-bond donors (Lipinski definition) is 2. The molecule has 7 nitrogen and oxygen atoms in total. The van der Waals surface area contributed by atoms with E-state index in [2.05, 4.69) is 26.6 Å². The summed E-state index contributed by atoms with van der Waals surface area (Å²) >= 11 is 0. The van der Waals surface area contributed by atoms with Crippen LogP contribution in [0.25, 0.3) is 10.9 Å². The molecule has 2 fully saturated rings. The summed E-state index contributed by atoms with van der Waals surface area (Å²) in [6.45, 7) is 4.80. The Morgan fingerprint density at radius 2 is 2.28 bits per heavy atom. The molecule has 3 atom stereocenters. The molecule has 29 heavy (non-hydrogen) atoms. The lowest BCUT2D eigenvalue weighted by Gasteiger charge is -2.38. The number of halogens is 1. The lowest BCUT2D eigenvalue weighted by molar-refractivity contribution is -0.137. The maximum Gasteiger partial charge on any atom is 0.251 e. The average molecular weight is 416 g/mol. The van der Waals surface area contributed by atoms with Crippen LogP contribution in [0.5, 0.6) is 0 Å². The van der Waals surface area contributed by atoms with Gasteiger partial charge in [0.05, 0.1) is 23.7 Å². The van der Waals surface area contributed by atoms with Gasteiger partial charge in [-0.3, -0.25) is 9.78 Å². The quantitative estimate of drug-likeness (QED) is 0.793. The number of nitriles is 1. The summed E-state index contributed by atoms with van der Waals surface area (Å²) in [6, 6.07) is 10.1. The average Bonchev–Trinajstić information content (AvgIpc) is 3.24. The number of ether oxygens (including phenoxy) is 1. The lowest BCUT2D eigenvalue weighted by Crippen LogP contribution is -2.54. The highest BCUT2D eigenvalue weighted by atomic mass is 35.5. The van der Waals surface area contributed by atoms with Crippen LogP contribution in [0, 0.1) is 11.3 Å². The van der Waals surface area contributed by atoms with Crippen LogP contribution in [-0.4, -0.2) is 55.3 Å². The standard InChI is InChI=1S/C21H25N5O2.ClH/c1-14-12-26(13-19(28-14)21(27)25-11-16-4-2-8-23-16)18-7-6-15(10-22)20-17(18)5-3-9-24-20;/h3,5-7,9,14,16,19,23H,2,4,8,11-13H2,1H3,(H,25,27);1H/t14-,16?,19-;/m1./s1. The van der Waals surface area contributed by atoms with Crippen molar-refractivity contribution in [3.05, 3.63) is 36.0 Å². The highest BCUT2D eigenvalue weighted by Crippen LogP contribution is 2.30. The number of rotatable bonds is 4. The van der Waals surface area contributed by atoms with E-state index in [4.69, 9.17) is 4.74 Å². The Bertz CT molecular complexity index is 910. The molecule has 4 rings (SSSR count). The lowest BCUT2D eigenvalue weighted by atomic mass is 10.1. The van der Waals surface area contributed by atoms with Crippen LogP contribution in [-0.2, 0) is 9.53 Å². The summed E-state index contributed by atoms with van der Waals surface area (Å²) < 4.78 is 5.93. The molecule has 1 aromatic carbocycles. The third kappa shape index (κ3) is 4.61. The predicted molar refractivity (Wildman–Crippen MR) is 114 cm³/mol. The fraction of sp³-hybridized carbons (Fsp3) is 0.476. The van der Waals surface area contributed by atoms with E-state index >= 15 is 0 Å². The SMILES string of the molecule is C[C@@H]1CN(c2ccc(C#N)c3ncccc23)C[C@H](C(=O)NCC2CCCN2)O1.Cl. The maximum atomic E-state index is 12.7. The molecule has 2 aromatic rings. The van der Waals surface area contributed by atoms with E-state index in [9.17, 15) is 10.1 Å². The second kappa shape index (κ2) is 9.40. The Hall–Kier alpha value is -2.40. The van der Waals surface area contributed by atoms with Gasteiger partial charge in [0.2, 0.25) is 0 Å². The molecule has 154 valence electrons.